The predicted molar refractivity (Wildman–Crippen MR) is 68.5 cm³/mol. The molecule has 0 bridgehead atoms. The molecule has 17 heavy (non-hydrogen) atoms. The number of hydrogen-bond donors (Lipinski definition) is 2. The molecule has 1 aliphatic rings. The van der Waals surface area contributed by atoms with E-state index in [0.29, 0.717) is 0 Å². The Balaban J connectivity index is 1.61. The standard InChI is InChI=1S/C14H17N3/c1-2-4-12(5-3-1)13-9-16-14(17-13)10-15-8-11-6-7-11/h1-5,9,11,15H,6-8,10H2,(H,16,17). The minimum atomic E-state index is 0.837. The van der Waals surface area contributed by atoms with Crippen molar-refractivity contribution in [2.45, 2.75) is 19.4 Å². The van der Waals surface area contributed by atoms with Crippen LogP contribution in [0.1, 0.15) is 18.7 Å². The van der Waals surface area contributed by atoms with Crippen molar-refractivity contribution >= 4 is 0 Å². The number of rotatable bonds is 5. The van der Waals surface area contributed by atoms with Crippen LogP contribution in [0.3, 0.4) is 0 Å². The molecule has 0 amide bonds. The summed E-state index contributed by atoms with van der Waals surface area (Å²) in [5.41, 5.74) is 2.28. The Morgan fingerprint density at radius 3 is 2.82 bits per heavy atom. The van der Waals surface area contributed by atoms with E-state index in [1.807, 2.05) is 24.4 Å². The average Bonchev–Trinajstić information content (AvgIpc) is 3.07. The van der Waals surface area contributed by atoms with E-state index in [1.165, 1.54) is 18.4 Å². The lowest BCUT2D eigenvalue weighted by Crippen LogP contribution is -2.16. The van der Waals surface area contributed by atoms with Gasteiger partial charge in [0.15, 0.2) is 0 Å². The van der Waals surface area contributed by atoms with E-state index in [-0.39, 0.29) is 0 Å². The zero-order valence-corrected chi connectivity index (χ0v) is 9.82. The highest BCUT2D eigenvalue weighted by Gasteiger charge is 2.20. The molecule has 1 aliphatic carbocycles. The normalized spacial score (nSPS) is 15.1. The smallest absolute Gasteiger partial charge is 0.120 e. The van der Waals surface area contributed by atoms with Gasteiger partial charge in [0.2, 0.25) is 0 Å². The summed E-state index contributed by atoms with van der Waals surface area (Å²) in [6, 6.07) is 10.3. The monoisotopic (exact) mass is 227 g/mol. The molecule has 0 aliphatic heterocycles. The summed E-state index contributed by atoms with van der Waals surface area (Å²) < 4.78 is 0. The second-order valence-corrected chi connectivity index (χ2v) is 4.68. The van der Waals surface area contributed by atoms with Crippen molar-refractivity contribution in [1.29, 1.82) is 0 Å². The molecule has 1 saturated carbocycles. The van der Waals surface area contributed by atoms with Gasteiger partial charge in [-0.15, -0.1) is 0 Å². The predicted octanol–water partition coefficient (Wildman–Crippen LogP) is 2.58. The molecule has 0 saturated heterocycles. The largest absolute Gasteiger partial charge is 0.341 e. The molecule has 2 N–H and O–H groups in total. The Kier molecular flexibility index (Phi) is 2.92. The number of aromatic amines is 1. The van der Waals surface area contributed by atoms with Crippen LogP contribution < -0.4 is 5.32 Å². The molecule has 0 radical (unpaired) electrons. The number of aromatic nitrogens is 2. The first-order chi connectivity index (χ1) is 8.42. The maximum atomic E-state index is 4.39. The van der Waals surface area contributed by atoms with Gasteiger partial charge in [0.05, 0.1) is 18.4 Å². The summed E-state index contributed by atoms with van der Waals surface area (Å²) in [6.45, 7) is 1.96. The van der Waals surface area contributed by atoms with E-state index in [2.05, 4.69) is 27.4 Å². The van der Waals surface area contributed by atoms with Crippen molar-refractivity contribution in [1.82, 2.24) is 15.3 Å². The molecule has 3 rings (SSSR count). The van der Waals surface area contributed by atoms with Crippen LogP contribution in [0, 0.1) is 5.92 Å². The Labute approximate surface area is 101 Å². The highest BCUT2D eigenvalue weighted by atomic mass is 15.0. The zero-order chi connectivity index (χ0) is 11.5. The second kappa shape index (κ2) is 4.72. The van der Waals surface area contributed by atoms with Gasteiger partial charge in [-0.25, -0.2) is 4.98 Å². The molecule has 88 valence electrons. The Hall–Kier alpha value is -1.61. The van der Waals surface area contributed by atoms with Crippen LogP contribution in [0.4, 0.5) is 0 Å². The van der Waals surface area contributed by atoms with Crippen LogP contribution in [0.2, 0.25) is 0 Å². The molecule has 1 heterocycles. The first-order valence-corrected chi connectivity index (χ1v) is 6.22. The molecular formula is C14H17N3. The zero-order valence-electron chi connectivity index (χ0n) is 9.82. The fourth-order valence-corrected chi connectivity index (χ4v) is 1.93. The lowest BCUT2D eigenvalue weighted by molar-refractivity contribution is 0.623. The Morgan fingerprint density at radius 1 is 1.24 bits per heavy atom. The fourth-order valence-electron chi connectivity index (χ4n) is 1.93. The minimum Gasteiger partial charge on any atom is -0.341 e. The Morgan fingerprint density at radius 2 is 2.06 bits per heavy atom. The summed E-state index contributed by atoms with van der Waals surface area (Å²) >= 11 is 0. The summed E-state index contributed by atoms with van der Waals surface area (Å²) in [4.78, 5) is 7.74. The lowest BCUT2D eigenvalue weighted by Gasteiger charge is -2.00. The van der Waals surface area contributed by atoms with Gasteiger partial charge in [-0.05, 0) is 30.9 Å². The number of imidazole rings is 1. The molecular weight excluding hydrogens is 210 g/mol. The second-order valence-electron chi connectivity index (χ2n) is 4.68. The number of nitrogens with one attached hydrogen (secondary N) is 2. The summed E-state index contributed by atoms with van der Waals surface area (Å²) in [6.07, 6.45) is 4.68. The van der Waals surface area contributed by atoms with E-state index in [1.54, 1.807) is 0 Å². The van der Waals surface area contributed by atoms with Crippen molar-refractivity contribution in [3.8, 4) is 11.3 Å². The fraction of sp³-hybridized carbons (Fsp3) is 0.357. The van der Waals surface area contributed by atoms with Crippen molar-refractivity contribution in [3.63, 3.8) is 0 Å². The van der Waals surface area contributed by atoms with Crippen LogP contribution in [0.5, 0.6) is 0 Å². The molecule has 2 aromatic rings. The summed E-state index contributed by atoms with van der Waals surface area (Å²) in [5.74, 6) is 1.93. The van der Waals surface area contributed by atoms with Gasteiger partial charge in [-0.1, -0.05) is 30.3 Å². The maximum Gasteiger partial charge on any atom is 0.120 e. The molecule has 1 aromatic heterocycles. The third-order valence-corrected chi connectivity index (χ3v) is 3.14. The third-order valence-electron chi connectivity index (χ3n) is 3.14. The molecule has 1 fully saturated rings. The third kappa shape index (κ3) is 2.74. The van der Waals surface area contributed by atoms with Gasteiger partial charge in [-0.2, -0.15) is 0 Å². The Bertz CT molecular complexity index is 471. The van der Waals surface area contributed by atoms with E-state index in [0.717, 1.165) is 30.5 Å². The summed E-state index contributed by atoms with van der Waals surface area (Å²) in [5, 5.41) is 3.43. The maximum absolute atomic E-state index is 4.39. The first kappa shape index (κ1) is 10.5. The van der Waals surface area contributed by atoms with Crippen LogP contribution >= 0.6 is 0 Å². The molecule has 1 aromatic carbocycles. The van der Waals surface area contributed by atoms with Crippen LogP contribution in [0.15, 0.2) is 36.5 Å². The van der Waals surface area contributed by atoms with Crippen LogP contribution in [-0.2, 0) is 6.54 Å². The van der Waals surface area contributed by atoms with Gasteiger partial charge in [0.25, 0.3) is 0 Å². The van der Waals surface area contributed by atoms with Crippen LogP contribution in [-0.4, -0.2) is 16.5 Å². The number of benzene rings is 1. The highest BCUT2D eigenvalue weighted by Crippen LogP contribution is 2.27. The van der Waals surface area contributed by atoms with Gasteiger partial charge in [0, 0.05) is 0 Å². The number of nitrogens with zero attached hydrogens (tertiary/aromatic N) is 1. The van der Waals surface area contributed by atoms with Gasteiger partial charge in [0.1, 0.15) is 5.82 Å². The molecule has 0 atom stereocenters. The van der Waals surface area contributed by atoms with E-state index < -0.39 is 0 Å². The topological polar surface area (TPSA) is 40.7 Å². The van der Waals surface area contributed by atoms with Gasteiger partial charge < -0.3 is 10.3 Å². The molecule has 0 unspecified atom stereocenters. The minimum absolute atomic E-state index is 0.837. The van der Waals surface area contributed by atoms with E-state index in [4.69, 9.17) is 0 Å². The number of H-pyrrole nitrogens is 1. The highest BCUT2D eigenvalue weighted by molar-refractivity contribution is 5.57. The van der Waals surface area contributed by atoms with Crippen molar-refractivity contribution in [2.24, 2.45) is 5.92 Å². The number of hydrogen-bond acceptors (Lipinski definition) is 2. The van der Waals surface area contributed by atoms with Crippen molar-refractivity contribution in [3.05, 3.63) is 42.4 Å². The van der Waals surface area contributed by atoms with E-state index >= 15 is 0 Å². The molecule has 3 nitrogen and oxygen atoms in total. The average molecular weight is 227 g/mol. The lowest BCUT2D eigenvalue weighted by atomic mass is 10.2. The van der Waals surface area contributed by atoms with Crippen LogP contribution in [0.25, 0.3) is 11.3 Å². The SMILES string of the molecule is c1ccc(-c2cnc(CNCC3CC3)[nH]2)cc1. The van der Waals surface area contributed by atoms with Gasteiger partial charge >= 0.3 is 0 Å². The van der Waals surface area contributed by atoms with Crippen molar-refractivity contribution < 1.29 is 0 Å². The van der Waals surface area contributed by atoms with Gasteiger partial charge in [-0.3, -0.25) is 0 Å². The summed E-state index contributed by atoms with van der Waals surface area (Å²) in [7, 11) is 0. The van der Waals surface area contributed by atoms with E-state index in [9.17, 15) is 0 Å². The molecule has 3 heteroatoms. The van der Waals surface area contributed by atoms with Crippen molar-refractivity contribution in [2.75, 3.05) is 6.54 Å². The first-order valence-electron chi connectivity index (χ1n) is 6.22. The molecule has 0 spiro atoms. The quantitative estimate of drug-likeness (QED) is 0.824.